The monoisotopic (exact) mass is 257 g/mol. The molecule has 1 rings (SSSR count). The molecule has 0 aromatic heterocycles. The van der Waals surface area contributed by atoms with Gasteiger partial charge in [0.05, 0.1) is 0 Å². The summed E-state index contributed by atoms with van der Waals surface area (Å²) in [6.07, 6.45) is -2.81. The van der Waals surface area contributed by atoms with Crippen molar-refractivity contribution < 1.29 is 24.5 Å². The number of aliphatic hydroxyl groups excluding tert-OH is 2. The van der Waals surface area contributed by atoms with Crippen molar-refractivity contribution >= 4 is 5.91 Å². The Bertz CT molecular complexity index is 450. The summed E-state index contributed by atoms with van der Waals surface area (Å²) < 4.78 is 13.2. The fourth-order valence-electron chi connectivity index (χ4n) is 1.55. The molecule has 18 heavy (non-hydrogen) atoms. The minimum absolute atomic E-state index is 0.106. The zero-order chi connectivity index (χ0) is 13.9. The molecular weight excluding hydrogens is 241 g/mol. The summed E-state index contributed by atoms with van der Waals surface area (Å²) in [4.78, 5) is 10.7. The fraction of sp³-hybridized carbons (Fsp3) is 0.417. The van der Waals surface area contributed by atoms with E-state index >= 15 is 0 Å². The number of hydrogen-bond donors (Lipinski definition) is 4. The fourth-order valence-corrected chi connectivity index (χ4v) is 1.55. The van der Waals surface area contributed by atoms with Gasteiger partial charge in [0.1, 0.15) is 23.8 Å². The highest BCUT2D eigenvalue weighted by atomic mass is 19.1. The van der Waals surface area contributed by atoms with Crippen molar-refractivity contribution in [2.24, 2.45) is 0 Å². The number of aliphatic hydroxyl groups is 2. The summed E-state index contributed by atoms with van der Waals surface area (Å²) >= 11 is 0. The summed E-state index contributed by atoms with van der Waals surface area (Å²) in [7, 11) is 0. The maximum Gasteiger partial charge on any atom is 0.216 e. The predicted octanol–water partition coefficient (Wildman–Crippen LogP) is 0.370. The van der Waals surface area contributed by atoms with Gasteiger partial charge in [-0.1, -0.05) is 0 Å². The van der Waals surface area contributed by atoms with Gasteiger partial charge in [0, 0.05) is 19.0 Å². The van der Waals surface area contributed by atoms with Gasteiger partial charge in [-0.15, -0.1) is 0 Å². The van der Waals surface area contributed by atoms with Crippen molar-refractivity contribution in [1.82, 2.24) is 5.32 Å². The van der Waals surface area contributed by atoms with Crippen LogP contribution in [0, 0.1) is 12.7 Å². The molecule has 6 heteroatoms. The van der Waals surface area contributed by atoms with Crippen LogP contribution >= 0.6 is 0 Å². The van der Waals surface area contributed by atoms with Crippen LogP contribution in [0.4, 0.5) is 4.39 Å². The van der Waals surface area contributed by atoms with Crippen LogP contribution in [0.5, 0.6) is 5.75 Å². The van der Waals surface area contributed by atoms with Crippen LogP contribution in [0.2, 0.25) is 0 Å². The first kappa shape index (κ1) is 14.4. The molecule has 100 valence electrons. The standard InChI is InChI=1S/C12H16FNO4/c1-6-3-8(13)4-9(11(6)17)12(18)10(16)5-14-7(2)15/h3-4,10,12,16-18H,5H2,1-2H3,(H,14,15). The van der Waals surface area contributed by atoms with Gasteiger partial charge in [0.25, 0.3) is 0 Å². The van der Waals surface area contributed by atoms with E-state index in [1.807, 2.05) is 0 Å². The van der Waals surface area contributed by atoms with E-state index in [1.165, 1.54) is 13.8 Å². The van der Waals surface area contributed by atoms with E-state index in [9.17, 15) is 24.5 Å². The molecule has 0 aliphatic heterocycles. The van der Waals surface area contributed by atoms with Gasteiger partial charge >= 0.3 is 0 Å². The molecule has 0 fully saturated rings. The second-order valence-electron chi connectivity index (χ2n) is 4.11. The molecular formula is C12H16FNO4. The normalized spacial score (nSPS) is 14.1. The highest BCUT2D eigenvalue weighted by molar-refractivity contribution is 5.72. The van der Waals surface area contributed by atoms with Crippen LogP contribution in [-0.2, 0) is 4.79 Å². The van der Waals surface area contributed by atoms with Crippen molar-refractivity contribution in [3.05, 3.63) is 29.1 Å². The molecule has 4 N–H and O–H groups in total. The molecule has 0 radical (unpaired) electrons. The second kappa shape index (κ2) is 5.79. The maximum absolute atomic E-state index is 13.2. The molecule has 2 atom stereocenters. The van der Waals surface area contributed by atoms with E-state index < -0.39 is 18.0 Å². The predicted molar refractivity (Wildman–Crippen MR) is 62.5 cm³/mol. The quantitative estimate of drug-likeness (QED) is 0.627. The van der Waals surface area contributed by atoms with E-state index in [0.29, 0.717) is 0 Å². The van der Waals surface area contributed by atoms with E-state index in [1.54, 1.807) is 0 Å². The molecule has 1 aromatic rings. The summed E-state index contributed by atoms with van der Waals surface area (Å²) in [6.45, 7) is 2.56. The van der Waals surface area contributed by atoms with Gasteiger partial charge < -0.3 is 20.6 Å². The lowest BCUT2D eigenvalue weighted by Crippen LogP contribution is -2.34. The van der Waals surface area contributed by atoms with E-state index in [0.717, 1.165) is 12.1 Å². The van der Waals surface area contributed by atoms with Gasteiger partial charge in [-0.25, -0.2) is 4.39 Å². The summed E-state index contributed by atoms with van der Waals surface area (Å²) in [5.41, 5.74) is 0.154. The van der Waals surface area contributed by atoms with Gasteiger partial charge in [-0.3, -0.25) is 4.79 Å². The van der Waals surface area contributed by atoms with Gasteiger partial charge in [0.2, 0.25) is 5.91 Å². The second-order valence-corrected chi connectivity index (χ2v) is 4.11. The minimum atomic E-state index is -1.48. The van der Waals surface area contributed by atoms with Crippen molar-refractivity contribution in [3.8, 4) is 5.75 Å². The highest BCUT2D eigenvalue weighted by Gasteiger charge is 2.23. The van der Waals surface area contributed by atoms with E-state index in [4.69, 9.17) is 0 Å². The van der Waals surface area contributed by atoms with Gasteiger partial charge in [-0.2, -0.15) is 0 Å². The highest BCUT2D eigenvalue weighted by Crippen LogP contribution is 2.30. The average Bonchev–Trinajstić information content (AvgIpc) is 2.29. The first-order valence-electron chi connectivity index (χ1n) is 5.42. The Morgan fingerprint density at radius 3 is 2.61 bits per heavy atom. The van der Waals surface area contributed by atoms with Crippen molar-refractivity contribution in [1.29, 1.82) is 0 Å². The molecule has 0 aliphatic rings. The van der Waals surface area contributed by atoms with Crippen molar-refractivity contribution in [2.75, 3.05) is 6.54 Å². The lowest BCUT2D eigenvalue weighted by atomic mass is 10.0. The largest absolute Gasteiger partial charge is 0.507 e. The first-order chi connectivity index (χ1) is 8.32. The third kappa shape index (κ3) is 3.41. The number of aromatic hydroxyl groups is 1. The third-order valence-corrected chi connectivity index (χ3v) is 2.54. The summed E-state index contributed by atoms with van der Waals surface area (Å²) in [5.74, 6) is -1.25. The van der Waals surface area contributed by atoms with E-state index in [-0.39, 0.29) is 29.3 Å². The Labute approximate surface area is 104 Å². The number of phenolic OH excluding ortho intramolecular Hbond substituents is 1. The number of hydrogen-bond acceptors (Lipinski definition) is 4. The lowest BCUT2D eigenvalue weighted by molar-refractivity contribution is -0.119. The topological polar surface area (TPSA) is 89.8 Å². The molecule has 0 saturated carbocycles. The van der Waals surface area contributed by atoms with Crippen LogP contribution < -0.4 is 5.32 Å². The van der Waals surface area contributed by atoms with Crippen LogP contribution in [-0.4, -0.2) is 33.9 Å². The Kier molecular flexibility index (Phi) is 4.63. The van der Waals surface area contributed by atoms with Gasteiger partial charge in [-0.05, 0) is 24.6 Å². The number of phenols is 1. The maximum atomic E-state index is 13.2. The molecule has 0 spiro atoms. The number of nitrogens with one attached hydrogen (secondary N) is 1. The van der Waals surface area contributed by atoms with Gasteiger partial charge in [0.15, 0.2) is 0 Å². The number of aryl methyl sites for hydroxylation is 1. The van der Waals surface area contributed by atoms with Crippen LogP contribution in [0.25, 0.3) is 0 Å². The molecule has 0 saturated heterocycles. The van der Waals surface area contributed by atoms with Crippen LogP contribution in [0.15, 0.2) is 12.1 Å². The number of carbonyl (C=O) groups is 1. The number of carbonyl (C=O) groups excluding carboxylic acids is 1. The van der Waals surface area contributed by atoms with Crippen LogP contribution in [0.3, 0.4) is 0 Å². The Hall–Kier alpha value is -1.66. The Morgan fingerprint density at radius 1 is 1.44 bits per heavy atom. The molecule has 1 aromatic carbocycles. The minimum Gasteiger partial charge on any atom is -0.507 e. The smallest absolute Gasteiger partial charge is 0.216 e. The van der Waals surface area contributed by atoms with Crippen molar-refractivity contribution in [2.45, 2.75) is 26.1 Å². The Morgan fingerprint density at radius 2 is 2.06 bits per heavy atom. The number of halogens is 1. The molecule has 5 nitrogen and oxygen atoms in total. The molecule has 0 bridgehead atoms. The molecule has 2 unspecified atom stereocenters. The zero-order valence-electron chi connectivity index (χ0n) is 10.1. The van der Waals surface area contributed by atoms with Crippen molar-refractivity contribution in [3.63, 3.8) is 0 Å². The molecule has 1 amide bonds. The van der Waals surface area contributed by atoms with E-state index in [2.05, 4.69) is 5.32 Å². The summed E-state index contributed by atoms with van der Waals surface area (Å²) in [5, 5.41) is 31.4. The number of benzene rings is 1. The SMILES string of the molecule is CC(=O)NCC(O)C(O)c1cc(F)cc(C)c1O. The zero-order valence-corrected chi connectivity index (χ0v) is 10.1. The molecule has 0 aliphatic carbocycles. The average molecular weight is 257 g/mol. The molecule has 0 heterocycles. The number of rotatable bonds is 4. The summed E-state index contributed by atoms with van der Waals surface area (Å²) in [6, 6.07) is 2.07. The van der Waals surface area contributed by atoms with Crippen LogP contribution in [0.1, 0.15) is 24.2 Å². The lowest BCUT2D eigenvalue weighted by Gasteiger charge is -2.20. The Balaban J connectivity index is 2.89. The first-order valence-corrected chi connectivity index (χ1v) is 5.42. The third-order valence-electron chi connectivity index (χ3n) is 2.54. The number of amides is 1.